The van der Waals surface area contributed by atoms with Crippen molar-refractivity contribution in [2.45, 2.75) is 31.0 Å². The molecule has 0 saturated carbocycles. The van der Waals surface area contributed by atoms with Crippen molar-refractivity contribution in [2.75, 3.05) is 13.1 Å². The lowest BCUT2D eigenvalue weighted by Gasteiger charge is -2.26. The molecule has 0 aliphatic carbocycles. The highest BCUT2D eigenvalue weighted by molar-refractivity contribution is 9.18. The van der Waals surface area contributed by atoms with Gasteiger partial charge in [0.25, 0.3) is 5.91 Å². The molecule has 1 fully saturated rings. The molecule has 10 nitrogen and oxygen atoms in total. The first kappa shape index (κ1) is 25.7. The number of rotatable bonds is 7. The van der Waals surface area contributed by atoms with Gasteiger partial charge >= 0.3 is 6.09 Å². The molecular weight excluding hydrogens is 554 g/mol. The molecule has 0 bridgehead atoms. The van der Waals surface area contributed by atoms with Gasteiger partial charge < -0.3 is 20.6 Å². The number of carbonyl (C=O) groups excluding carboxylic acids is 2. The van der Waals surface area contributed by atoms with Crippen LogP contribution in [0.3, 0.4) is 0 Å². The third-order valence-corrected chi connectivity index (χ3v) is 7.31. The normalized spacial score (nSPS) is 22.6. The first-order valence-electron chi connectivity index (χ1n) is 12.2. The number of hydrogen-bond acceptors (Lipinski definition) is 6. The number of fused-ring (bicyclic) bond motifs is 1. The number of benzene rings is 2. The maximum Gasteiger partial charge on any atom is 0.408 e. The van der Waals surface area contributed by atoms with Crippen LogP contribution in [0.4, 0.5) is 4.79 Å². The lowest BCUT2D eigenvalue weighted by atomic mass is 9.88. The quantitative estimate of drug-likeness (QED) is 0.393. The summed E-state index contributed by atoms with van der Waals surface area (Å²) in [5.74, 6) is -1.31. The fourth-order valence-electron chi connectivity index (χ4n) is 5.02. The number of carboxylic acid groups (broad SMARTS) is 1. The topological polar surface area (TPSA) is 133 Å². The van der Waals surface area contributed by atoms with Crippen molar-refractivity contribution in [3.8, 4) is 0 Å². The van der Waals surface area contributed by atoms with E-state index >= 15 is 0 Å². The zero-order chi connectivity index (χ0) is 26.6. The van der Waals surface area contributed by atoms with Gasteiger partial charge in [-0.25, -0.2) is 4.79 Å². The Morgan fingerprint density at radius 2 is 1.87 bits per heavy atom. The maximum atomic E-state index is 13.5. The van der Waals surface area contributed by atoms with Crippen LogP contribution in [-0.2, 0) is 16.1 Å². The molecule has 3 heterocycles. The average molecular weight is 580 g/mol. The van der Waals surface area contributed by atoms with E-state index in [4.69, 9.17) is 4.84 Å². The largest absolute Gasteiger partial charge is 0.465 e. The van der Waals surface area contributed by atoms with Crippen molar-refractivity contribution in [1.29, 1.82) is 0 Å². The molecule has 0 spiro atoms. The summed E-state index contributed by atoms with van der Waals surface area (Å²) in [6.07, 6.45) is 1.01. The first-order valence-corrected chi connectivity index (χ1v) is 13.0. The Kier molecular flexibility index (Phi) is 7.54. The molecule has 3 amide bonds. The molecule has 1 saturated heterocycles. The zero-order valence-electron chi connectivity index (χ0n) is 20.3. The maximum absolute atomic E-state index is 13.5. The Morgan fingerprint density at radius 3 is 2.61 bits per heavy atom. The van der Waals surface area contributed by atoms with Crippen LogP contribution in [-0.4, -0.2) is 68.8 Å². The SMILES string of the molecule is O=C(N[C@H]1CN(C(=O)O)[C@H](C(=O)NC[C@@H]2CC(Br)=NO2)C1Cc1cnc2ccccc2c1)c1ccccc1. The van der Waals surface area contributed by atoms with Gasteiger partial charge in [0.1, 0.15) is 10.7 Å². The Morgan fingerprint density at radius 1 is 1.11 bits per heavy atom. The van der Waals surface area contributed by atoms with Gasteiger partial charge in [0, 0.05) is 36.0 Å². The number of nitrogens with one attached hydrogen (secondary N) is 2. The second-order valence-corrected chi connectivity index (χ2v) is 10.3. The summed E-state index contributed by atoms with van der Waals surface area (Å²) in [6.45, 7) is 0.152. The van der Waals surface area contributed by atoms with Gasteiger partial charge in [-0.1, -0.05) is 41.6 Å². The molecule has 1 unspecified atom stereocenters. The van der Waals surface area contributed by atoms with Crippen molar-refractivity contribution >= 4 is 49.4 Å². The van der Waals surface area contributed by atoms with Gasteiger partial charge in [0.05, 0.1) is 18.1 Å². The van der Waals surface area contributed by atoms with E-state index in [1.807, 2.05) is 36.4 Å². The second kappa shape index (κ2) is 11.2. The lowest BCUT2D eigenvalue weighted by molar-refractivity contribution is -0.126. The van der Waals surface area contributed by atoms with E-state index in [-0.39, 0.29) is 25.1 Å². The van der Waals surface area contributed by atoms with Crippen molar-refractivity contribution in [2.24, 2.45) is 11.1 Å². The van der Waals surface area contributed by atoms with Crippen molar-refractivity contribution in [1.82, 2.24) is 20.5 Å². The molecular formula is C27H26BrN5O5. The van der Waals surface area contributed by atoms with Crippen molar-refractivity contribution in [3.63, 3.8) is 0 Å². The van der Waals surface area contributed by atoms with E-state index in [9.17, 15) is 19.5 Å². The van der Waals surface area contributed by atoms with Gasteiger partial charge in [-0.3, -0.25) is 19.5 Å². The van der Waals surface area contributed by atoms with Crippen LogP contribution in [0.1, 0.15) is 22.3 Å². The van der Waals surface area contributed by atoms with Crippen molar-refractivity contribution in [3.05, 3.63) is 78.0 Å². The minimum Gasteiger partial charge on any atom is -0.465 e. The number of amides is 3. The molecule has 2 aromatic carbocycles. The summed E-state index contributed by atoms with van der Waals surface area (Å²) in [4.78, 5) is 49.7. The fourth-order valence-corrected chi connectivity index (χ4v) is 5.46. The first-order chi connectivity index (χ1) is 18.4. The minimum absolute atomic E-state index is 0.0216. The highest BCUT2D eigenvalue weighted by Crippen LogP contribution is 2.30. The van der Waals surface area contributed by atoms with Crippen LogP contribution in [0, 0.1) is 5.92 Å². The predicted octanol–water partition coefficient (Wildman–Crippen LogP) is 3.17. The Hall–Kier alpha value is -3.99. The van der Waals surface area contributed by atoms with Gasteiger partial charge in [0.15, 0.2) is 6.10 Å². The summed E-state index contributed by atoms with van der Waals surface area (Å²) >= 11 is 3.27. The number of halogens is 1. The van der Waals surface area contributed by atoms with Crippen LogP contribution in [0.5, 0.6) is 0 Å². The number of likely N-dealkylation sites (tertiary alicyclic amines) is 1. The highest BCUT2D eigenvalue weighted by Gasteiger charge is 2.48. The Balaban J connectivity index is 1.42. The monoisotopic (exact) mass is 579 g/mol. The molecule has 196 valence electrons. The number of nitrogens with zero attached hydrogens (tertiary/aromatic N) is 3. The summed E-state index contributed by atoms with van der Waals surface area (Å²) in [5, 5.41) is 20.6. The van der Waals surface area contributed by atoms with E-state index in [0.29, 0.717) is 23.0 Å². The molecule has 3 aromatic rings. The minimum atomic E-state index is -1.23. The second-order valence-electron chi connectivity index (χ2n) is 9.37. The van der Waals surface area contributed by atoms with Gasteiger partial charge in [0.2, 0.25) is 5.91 Å². The van der Waals surface area contributed by atoms with Crippen LogP contribution in [0.25, 0.3) is 10.9 Å². The number of para-hydroxylation sites is 1. The van der Waals surface area contributed by atoms with E-state index in [1.165, 1.54) is 0 Å². The smallest absolute Gasteiger partial charge is 0.408 e. The summed E-state index contributed by atoms with van der Waals surface area (Å²) in [7, 11) is 0. The number of pyridine rings is 1. The number of carbonyl (C=O) groups is 3. The molecule has 5 rings (SSSR count). The summed E-state index contributed by atoms with van der Waals surface area (Å²) in [5.41, 5.74) is 2.13. The fraction of sp³-hybridized carbons (Fsp3) is 0.296. The zero-order valence-corrected chi connectivity index (χ0v) is 21.9. The van der Waals surface area contributed by atoms with E-state index in [2.05, 4.69) is 36.7 Å². The highest BCUT2D eigenvalue weighted by atomic mass is 79.9. The number of oxime groups is 1. The standard InChI is InChI=1S/C27H26BrN5O5/c28-23-12-19(38-32-23)14-30-26(35)24-20(11-16-10-18-8-4-5-9-21(18)29-13-16)22(15-33(24)27(36)37)31-25(34)17-6-2-1-3-7-17/h1-10,13,19-20,22,24H,11-12,14-15H2,(H,30,35)(H,31,34)(H,36,37)/t19-,20?,22-,24-/m0/s1. The molecule has 11 heteroatoms. The number of aromatic nitrogens is 1. The van der Waals surface area contributed by atoms with E-state index in [0.717, 1.165) is 21.4 Å². The molecule has 2 aliphatic heterocycles. The van der Waals surface area contributed by atoms with E-state index in [1.54, 1.807) is 30.5 Å². The molecule has 1 aromatic heterocycles. The van der Waals surface area contributed by atoms with Crippen LogP contribution in [0.2, 0.25) is 0 Å². The van der Waals surface area contributed by atoms with Crippen LogP contribution in [0.15, 0.2) is 72.0 Å². The van der Waals surface area contributed by atoms with E-state index < -0.39 is 30.0 Å². The molecule has 4 atom stereocenters. The van der Waals surface area contributed by atoms with Gasteiger partial charge in [-0.2, -0.15) is 0 Å². The van der Waals surface area contributed by atoms with Crippen molar-refractivity contribution < 1.29 is 24.3 Å². The Labute approximate surface area is 227 Å². The third-order valence-electron chi connectivity index (χ3n) is 6.84. The summed E-state index contributed by atoms with van der Waals surface area (Å²) < 4.78 is 0.648. The molecule has 38 heavy (non-hydrogen) atoms. The van der Waals surface area contributed by atoms with Crippen LogP contribution >= 0.6 is 15.9 Å². The average Bonchev–Trinajstić information content (AvgIpc) is 3.51. The van der Waals surface area contributed by atoms with Crippen LogP contribution < -0.4 is 10.6 Å². The lowest BCUT2D eigenvalue weighted by Crippen LogP contribution is -2.50. The summed E-state index contributed by atoms with van der Waals surface area (Å²) in [6, 6.07) is 16.8. The molecule has 2 aliphatic rings. The Bertz CT molecular complexity index is 1380. The third kappa shape index (κ3) is 5.62. The molecule has 0 radical (unpaired) electrons. The molecule has 3 N–H and O–H groups in total. The van der Waals surface area contributed by atoms with Gasteiger partial charge in [-0.05, 0) is 52.2 Å². The van der Waals surface area contributed by atoms with Gasteiger partial charge in [-0.15, -0.1) is 0 Å². The number of hydrogen-bond donors (Lipinski definition) is 3. The predicted molar refractivity (Wildman–Crippen MR) is 144 cm³/mol.